The summed E-state index contributed by atoms with van der Waals surface area (Å²) in [6.07, 6.45) is 1.41. The fourth-order valence-electron chi connectivity index (χ4n) is 2.02. The van der Waals surface area contributed by atoms with Crippen molar-refractivity contribution in [2.75, 3.05) is 12.4 Å². The smallest absolute Gasteiger partial charge is 0.335 e. The van der Waals surface area contributed by atoms with Crippen LogP contribution in [0.15, 0.2) is 54.1 Å². The summed E-state index contributed by atoms with van der Waals surface area (Å²) in [5.74, 6) is -1.20. The molecule has 2 N–H and O–H groups in total. The van der Waals surface area contributed by atoms with E-state index in [1.54, 1.807) is 30.3 Å². The van der Waals surface area contributed by atoms with Crippen LogP contribution in [0.2, 0.25) is 0 Å². The molecule has 120 valence electrons. The number of carboxylic acids is 1. The predicted octanol–water partition coefficient (Wildman–Crippen LogP) is 2.94. The quantitative estimate of drug-likeness (QED) is 0.651. The van der Waals surface area contributed by atoms with E-state index in [2.05, 4.69) is 5.32 Å². The Morgan fingerprint density at radius 3 is 2.62 bits per heavy atom. The van der Waals surface area contributed by atoms with Gasteiger partial charge in [-0.15, -0.1) is 0 Å². The molecule has 2 rings (SSSR count). The molecule has 0 aromatic heterocycles. The Morgan fingerprint density at radius 1 is 1.21 bits per heavy atom. The molecule has 0 unspecified atom stereocenters. The second-order valence-corrected chi connectivity index (χ2v) is 4.75. The number of ether oxygens (including phenoxy) is 1. The van der Waals surface area contributed by atoms with E-state index in [9.17, 15) is 14.9 Å². The number of amides is 1. The molecule has 0 saturated carbocycles. The Morgan fingerprint density at radius 2 is 1.96 bits per heavy atom. The first-order chi connectivity index (χ1) is 11.5. The topological polar surface area (TPSA) is 99.4 Å². The Bertz CT molecular complexity index is 850. The number of carbonyl (C=O) groups is 2. The van der Waals surface area contributed by atoms with Crippen molar-refractivity contribution in [1.82, 2.24) is 0 Å². The fraction of sp³-hybridized carbons (Fsp3) is 0.0556. The van der Waals surface area contributed by atoms with E-state index in [4.69, 9.17) is 9.84 Å². The molecule has 2 aromatic carbocycles. The van der Waals surface area contributed by atoms with Crippen molar-refractivity contribution in [2.24, 2.45) is 0 Å². The van der Waals surface area contributed by atoms with Crippen molar-refractivity contribution < 1.29 is 19.4 Å². The molecule has 0 aliphatic carbocycles. The lowest BCUT2D eigenvalue weighted by atomic mass is 10.1. The number of anilines is 1. The van der Waals surface area contributed by atoms with Gasteiger partial charge in [-0.3, -0.25) is 4.79 Å². The molecule has 0 atom stereocenters. The monoisotopic (exact) mass is 322 g/mol. The number of para-hydroxylation sites is 1. The highest BCUT2D eigenvalue weighted by Gasteiger charge is 2.12. The highest BCUT2D eigenvalue weighted by Crippen LogP contribution is 2.21. The van der Waals surface area contributed by atoms with Crippen LogP contribution in [-0.2, 0) is 4.79 Å². The molecule has 2 aromatic rings. The molecule has 0 heterocycles. The zero-order valence-corrected chi connectivity index (χ0v) is 12.8. The number of aromatic carboxylic acids is 1. The minimum atomic E-state index is -1.10. The third kappa shape index (κ3) is 3.99. The van der Waals surface area contributed by atoms with Gasteiger partial charge < -0.3 is 15.2 Å². The molecule has 24 heavy (non-hydrogen) atoms. The molecule has 0 aliphatic heterocycles. The summed E-state index contributed by atoms with van der Waals surface area (Å²) in [6, 6.07) is 14.6. The molecule has 1 amide bonds. The van der Waals surface area contributed by atoms with Crippen LogP contribution in [-0.4, -0.2) is 24.1 Å². The summed E-state index contributed by atoms with van der Waals surface area (Å²) in [5.41, 5.74) is 0.798. The maximum Gasteiger partial charge on any atom is 0.335 e. The van der Waals surface area contributed by atoms with Gasteiger partial charge >= 0.3 is 5.97 Å². The van der Waals surface area contributed by atoms with Gasteiger partial charge in [-0.05, 0) is 30.3 Å². The lowest BCUT2D eigenvalue weighted by molar-refractivity contribution is -0.112. The minimum Gasteiger partial charge on any atom is -0.496 e. The van der Waals surface area contributed by atoms with Gasteiger partial charge in [0.05, 0.1) is 12.7 Å². The van der Waals surface area contributed by atoms with Crippen LogP contribution in [0.1, 0.15) is 15.9 Å². The number of carboxylic acid groups (broad SMARTS) is 1. The zero-order chi connectivity index (χ0) is 17.5. The zero-order valence-electron chi connectivity index (χ0n) is 12.8. The fourth-order valence-corrected chi connectivity index (χ4v) is 2.02. The number of carbonyl (C=O) groups excluding carboxylic acids is 1. The van der Waals surface area contributed by atoms with Crippen molar-refractivity contribution in [3.63, 3.8) is 0 Å². The lowest BCUT2D eigenvalue weighted by Crippen LogP contribution is -2.14. The first kappa shape index (κ1) is 16.8. The standard InChI is InChI=1S/C18H14N2O4/c1-24-16-8-3-2-5-12(16)9-14(11-19)17(21)20-15-7-4-6-13(10-15)18(22)23/h2-10H,1H3,(H,20,21)(H,22,23). The van der Waals surface area contributed by atoms with Gasteiger partial charge in [-0.2, -0.15) is 5.26 Å². The van der Waals surface area contributed by atoms with Gasteiger partial charge in [-0.1, -0.05) is 24.3 Å². The molecule has 0 aliphatic rings. The summed E-state index contributed by atoms with van der Waals surface area (Å²) in [5, 5.41) is 20.7. The number of nitrogens with zero attached hydrogens (tertiary/aromatic N) is 1. The van der Waals surface area contributed by atoms with Crippen LogP contribution in [0.5, 0.6) is 5.75 Å². The Hall–Kier alpha value is -3.59. The SMILES string of the molecule is COc1ccccc1C=C(C#N)C(=O)Nc1cccc(C(=O)O)c1. The summed E-state index contributed by atoms with van der Waals surface area (Å²) in [4.78, 5) is 23.2. The molecule has 0 bridgehead atoms. The average molecular weight is 322 g/mol. The second kappa shape index (κ2) is 7.61. The average Bonchev–Trinajstić information content (AvgIpc) is 2.60. The van der Waals surface area contributed by atoms with Crippen LogP contribution in [0, 0.1) is 11.3 Å². The van der Waals surface area contributed by atoms with Crippen LogP contribution in [0.3, 0.4) is 0 Å². The number of benzene rings is 2. The number of nitrogens with one attached hydrogen (secondary N) is 1. The number of nitriles is 1. The van der Waals surface area contributed by atoms with Crippen LogP contribution < -0.4 is 10.1 Å². The van der Waals surface area contributed by atoms with Crippen molar-refractivity contribution in [3.8, 4) is 11.8 Å². The molecule has 6 heteroatoms. The molecule has 0 saturated heterocycles. The normalized spacial score (nSPS) is 10.6. The van der Waals surface area contributed by atoms with Gasteiger partial charge in [0.15, 0.2) is 0 Å². The molecule has 0 radical (unpaired) electrons. The van der Waals surface area contributed by atoms with E-state index in [-0.39, 0.29) is 11.1 Å². The third-order valence-electron chi connectivity index (χ3n) is 3.17. The van der Waals surface area contributed by atoms with E-state index in [0.29, 0.717) is 17.0 Å². The summed E-state index contributed by atoms with van der Waals surface area (Å²) >= 11 is 0. The van der Waals surface area contributed by atoms with Crippen molar-refractivity contribution in [1.29, 1.82) is 5.26 Å². The lowest BCUT2D eigenvalue weighted by Gasteiger charge is -2.07. The molecule has 6 nitrogen and oxygen atoms in total. The Balaban J connectivity index is 2.27. The first-order valence-corrected chi connectivity index (χ1v) is 6.94. The van der Waals surface area contributed by atoms with Crippen LogP contribution in [0.25, 0.3) is 6.08 Å². The van der Waals surface area contributed by atoms with Gasteiger partial charge in [-0.25, -0.2) is 4.79 Å². The van der Waals surface area contributed by atoms with Gasteiger partial charge in [0.25, 0.3) is 5.91 Å². The number of methoxy groups -OCH3 is 1. The summed E-state index contributed by atoms with van der Waals surface area (Å²) in [7, 11) is 1.50. The van der Waals surface area contributed by atoms with Gasteiger partial charge in [0, 0.05) is 11.3 Å². The van der Waals surface area contributed by atoms with Crippen molar-refractivity contribution in [2.45, 2.75) is 0 Å². The highest BCUT2D eigenvalue weighted by molar-refractivity contribution is 6.10. The molecule has 0 fully saturated rings. The van der Waals surface area contributed by atoms with Gasteiger partial charge in [0.1, 0.15) is 17.4 Å². The number of hydrogen-bond donors (Lipinski definition) is 2. The van der Waals surface area contributed by atoms with Crippen LogP contribution in [0.4, 0.5) is 5.69 Å². The maximum atomic E-state index is 12.2. The molecular formula is C18H14N2O4. The van der Waals surface area contributed by atoms with E-state index in [1.807, 2.05) is 6.07 Å². The van der Waals surface area contributed by atoms with E-state index < -0.39 is 11.9 Å². The van der Waals surface area contributed by atoms with E-state index in [0.717, 1.165) is 0 Å². The predicted molar refractivity (Wildman–Crippen MR) is 88.6 cm³/mol. The van der Waals surface area contributed by atoms with E-state index >= 15 is 0 Å². The highest BCUT2D eigenvalue weighted by atomic mass is 16.5. The Kier molecular flexibility index (Phi) is 5.32. The molecular weight excluding hydrogens is 308 g/mol. The summed E-state index contributed by atoms with van der Waals surface area (Å²) < 4.78 is 5.18. The van der Waals surface area contributed by atoms with Crippen molar-refractivity contribution >= 4 is 23.6 Å². The number of hydrogen-bond acceptors (Lipinski definition) is 4. The van der Waals surface area contributed by atoms with Gasteiger partial charge in [0.2, 0.25) is 0 Å². The number of rotatable bonds is 5. The van der Waals surface area contributed by atoms with Crippen molar-refractivity contribution in [3.05, 3.63) is 65.2 Å². The second-order valence-electron chi connectivity index (χ2n) is 4.75. The van der Waals surface area contributed by atoms with E-state index in [1.165, 1.54) is 31.4 Å². The summed E-state index contributed by atoms with van der Waals surface area (Å²) in [6.45, 7) is 0. The maximum absolute atomic E-state index is 12.2. The Labute approximate surface area is 138 Å². The largest absolute Gasteiger partial charge is 0.496 e. The third-order valence-corrected chi connectivity index (χ3v) is 3.17. The minimum absolute atomic E-state index is 0.0417. The molecule has 0 spiro atoms. The van der Waals surface area contributed by atoms with Crippen LogP contribution >= 0.6 is 0 Å². The first-order valence-electron chi connectivity index (χ1n) is 6.94.